The van der Waals surface area contributed by atoms with Gasteiger partial charge in [-0.1, -0.05) is 35.5 Å². The maximum atomic E-state index is 6.07. The molecule has 0 aliphatic heterocycles. The molecule has 3 nitrogen and oxygen atoms in total. The van der Waals surface area contributed by atoms with Crippen molar-refractivity contribution in [3.63, 3.8) is 0 Å². The summed E-state index contributed by atoms with van der Waals surface area (Å²) in [5, 5.41) is 1.55. The van der Waals surface area contributed by atoms with Crippen LogP contribution >= 0.6 is 23.4 Å². The summed E-state index contributed by atoms with van der Waals surface area (Å²) in [6.45, 7) is 1.94. The van der Waals surface area contributed by atoms with E-state index in [2.05, 4.69) is 9.97 Å². The highest BCUT2D eigenvalue weighted by atomic mass is 35.5. The second-order valence-corrected chi connectivity index (χ2v) is 4.69. The molecule has 16 heavy (non-hydrogen) atoms. The molecule has 0 bridgehead atoms. The van der Waals surface area contributed by atoms with Crippen LogP contribution in [0.2, 0.25) is 5.02 Å². The smallest absolute Gasteiger partial charge is 0.221 e. The Morgan fingerprint density at radius 3 is 2.81 bits per heavy atom. The number of nitrogens with zero attached hydrogens (tertiary/aromatic N) is 2. The monoisotopic (exact) mass is 251 g/mol. The van der Waals surface area contributed by atoms with Gasteiger partial charge >= 0.3 is 0 Å². The zero-order chi connectivity index (χ0) is 11.5. The van der Waals surface area contributed by atoms with Crippen molar-refractivity contribution in [1.82, 2.24) is 9.97 Å². The van der Waals surface area contributed by atoms with Gasteiger partial charge in [0.1, 0.15) is 5.03 Å². The van der Waals surface area contributed by atoms with Crippen molar-refractivity contribution >= 4 is 29.3 Å². The molecule has 0 spiro atoms. The fourth-order valence-electron chi connectivity index (χ4n) is 1.17. The molecule has 0 atom stereocenters. The van der Waals surface area contributed by atoms with Crippen LogP contribution in [0.4, 0.5) is 5.95 Å². The van der Waals surface area contributed by atoms with Crippen molar-refractivity contribution < 1.29 is 0 Å². The predicted molar refractivity (Wildman–Crippen MR) is 66.8 cm³/mol. The van der Waals surface area contributed by atoms with E-state index < -0.39 is 0 Å². The number of benzene rings is 1. The molecule has 5 heteroatoms. The maximum Gasteiger partial charge on any atom is 0.221 e. The van der Waals surface area contributed by atoms with Crippen molar-refractivity contribution in [2.24, 2.45) is 0 Å². The zero-order valence-corrected chi connectivity index (χ0v) is 10.2. The molecule has 0 fully saturated rings. The highest BCUT2D eigenvalue weighted by Crippen LogP contribution is 2.33. The molecule has 82 valence electrons. The minimum Gasteiger partial charge on any atom is -0.368 e. The van der Waals surface area contributed by atoms with Crippen LogP contribution in [0.25, 0.3) is 0 Å². The quantitative estimate of drug-likeness (QED) is 0.833. The third-order valence-electron chi connectivity index (χ3n) is 1.99. The Morgan fingerprint density at radius 1 is 1.31 bits per heavy atom. The first-order valence-corrected chi connectivity index (χ1v) is 5.88. The van der Waals surface area contributed by atoms with Gasteiger partial charge in [0.05, 0.1) is 5.02 Å². The largest absolute Gasteiger partial charge is 0.368 e. The van der Waals surface area contributed by atoms with Crippen molar-refractivity contribution in [2.45, 2.75) is 16.8 Å². The van der Waals surface area contributed by atoms with Gasteiger partial charge in [0.25, 0.3) is 0 Å². The van der Waals surface area contributed by atoms with E-state index in [-0.39, 0.29) is 5.95 Å². The maximum absolute atomic E-state index is 6.07. The second kappa shape index (κ2) is 4.72. The highest BCUT2D eigenvalue weighted by Gasteiger charge is 2.06. The Hall–Kier alpha value is -1.26. The third kappa shape index (κ3) is 2.46. The summed E-state index contributed by atoms with van der Waals surface area (Å²) in [7, 11) is 0. The van der Waals surface area contributed by atoms with Crippen LogP contribution < -0.4 is 5.73 Å². The van der Waals surface area contributed by atoms with Crippen molar-refractivity contribution in [3.8, 4) is 0 Å². The number of hydrogen-bond donors (Lipinski definition) is 1. The summed E-state index contributed by atoms with van der Waals surface area (Å²) in [6.07, 6.45) is 1.71. The first kappa shape index (κ1) is 11.2. The second-order valence-electron chi connectivity index (χ2n) is 3.25. The Labute approximate surface area is 103 Å². The van der Waals surface area contributed by atoms with Gasteiger partial charge in [0.2, 0.25) is 5.95 Å². The van der Waals surface area contributed by atoms with Crippen molar-refractivity contribution in [3.05, 3.63) is 41.0 Å². The SMILES string of the molecule is Cc1cnc(N)nc1Sc1ccccc1Cl. The number of anilines is 1. The standard InChI is InChI=1S/C11H10ClN3S/c1-7-6-14-11(13)15-10(7)16-9-5-3-2-4-8(9)12/h2-6H,1H3,(H2,13,14,15). The number of rotatable bonds is 2. The van der Waals surface area contributed by atoms with Crippen LogP contribution in [0.3, 0.4) is 0 Å². The highest BCUT2D eigenvalue weighted by molar-refractivity contribution is 7.99. The molecule has 1 aromatic heterocycles. The minimum atomic E-state index is 0.278. The molecular formula is C11H10ClN3S. The molecule has 0 saturated heterocycles. The molecule has 0 aliphatic rings. The lowest BCUT2D eigenvalue weighted by Crippen LogP contribution is -1.97. The fourth-order valence-corrected chi connectivity index (χ4v) is 2.30. The van der Waals surface area contributed by atoms with Crippen LogP contribution in [0.15, 0.2) is 40.4 Å². The Bertz CT molecular complexity index is 516. The number of hydrogen-bond acceptors (Lipinski definition) is 4. The third-order valence-corrected chi connectivity index (χ3v) is 3.61. The Kier molecular flexibility index (Phi) is 3.31. The summed E-state index contributed by atoms with van der Waals surface area (Å²) in [5.74, 6) is 0.278. The van der Waals surface area contributed by atoms with Gasteiger partial charge in [0.15, 0.2) is 0 Å². The number of aryl methyl sites for hydroxylation is 1. The molecule has 0 aliphatic carbocycles. The molecule has 2 aromatic rings. The zero-order valence-electron chi connectivity index (χ0n) is 8.64. The fraction of sp³-hybridized carbons (Fsp3) is 0.0909. The number of nitrogen functional groups attached to an aromatic ring is 1. The molecule has 0 radical (unpaired) electrons. The summed E-state index contributed by atoms with van der Waals surface area (Å²) >= 11 is 7.56. The van der Waals surface area contributed by atoms with E-state index in [1.165, 1.54) is 11.8 Å². The van der Waals surface area contributed by atoms with Gasteiger partial charge in [-0.3, -0.25) is 0 Å². The number of halogens is 1. The minimum absolute atomic E-state index is 0.278. The van der Waals surface area contributed by atoms with Gasteiger partial charge in [0, 0.05) is 16.7 Å². The predicted octanol–water partition coefficient (Wildman–Crippen LogP) is 3.17. The van der Waals surface area contributed by atoms with E-state index in [0.29, 0.717) is 5.02 Å². The van der Waals surface area contributed by atoms with E-state index in [0.717, 1.165) is 15.5 Å². The lowest BCUT2D eigenvalue weighted by molar-refractivity contribution is 1.02. The summed E-state index contributed by atoms with van der Waals surface area (Å²) in [5.41, 5.74) is 6.54. The topological polar surface area (TPSA) is 51.8 Å². The van der Waals surface area contributed by atoms with Gasteiger partial charge in [-0.2, -0.15) is 0 Å². The Morgan fingerprint density at radius 2 is 2.06 bits per heavy atom. The van der Waals surface area contributed by atoms with E-state index in [1.54, 1.807) is 6.20 Å². The lowest BCUT2D eigenvalue weighted by Gasteiger charge is -2.05. The average molecular weight is 252 g/mol. The first-order valence-electron chi connectivity index (χ1n) is 4.68. The summed E-state index contributed by atoms with van der Waals surface area (Å²) in [4.78, 5) is 9.07. The first-order chi connectivity index (χ1) is 7.66. The summed E-state index contributed by atoms with van der Waals surface area (Å²) in [6, 6.07) is 7.64. The summed E-state index contributed by atoms with van der Waals surface area (Å²) < 4.78 is 0. The molecular weight excluding hydrogens is 242 g/mol. The van der Waals surface area contributed by atoms with Crippen LogP contribution in [-0.4, -0.2) is 9.97 Å². The van der Waals surface area contributed by atoms with Crippen LogP contribution in [0, 0.1) is 6.92 Å². The van der Waals surface area contributed by atoms with Gasteiger partial charge < -0.3 is 5.73 Å². The van der Waals surface area contributed by atoms with Crippen LogP contribution in [0.1, 0.15) is 5.56 Å². The normalized spacial score (nSPS) is 10.4. The molecule has 1 heterocycles. The molecule has 2 rings (SSSR count). The lowest BCUT2D eigenvalue weighted by atomic mass is 10.4. The van der Waals surface area contributed by atoms with Crippen LogP contribution in [0.5, 0.6) is 0 Å². The average Bonchev–Trinajstić information content (AvgIpc) is 2.27. The molecule has 0 amide bonds. The molecule has 0 saturated carbocycles. The van der Waals surface area contributed by atoms with E-state index in [1.807, 2.05) is 31.2 Å². The molecule has 2 N–H and O–H groups in total. The van der Waals surface area contributed by atoms with Gasteiger partial charge in [-0.05, 0) is 19.1 Å². The van der Waals surface area contributed by atoms with E-state index in [4.69, 9.17) is 17.3 Å². The number of aromatic nitrogens is 2. The van der Waals surface area contributed by atoms with Crippen molar-refractivity contribution in [1.29, 1.82) is 0 Å². The van der Waals surface area contributed by atoms with Crippen molar-refractivity contribution in [2.75, 3.05) is 5.73 Å². The van der Waals surface area contributed by atoms with E-state index >= 15 is 0 Å². The van der Waals surface area contributed by atoms with Gasteiger partial charge in [-0.15, -0.1) is 0 Å². The molecule has 1 aromatic carbocycles. The number of nitrogens with two attached hydrogens (primary N) is 1. The van der Waals surface area contributed by atoms with E-state index in [9.17, 15) is 0 Å². The molecule has 0 unspecified atom stereocenters. The Balaban J connectivity index is 2.34. The van der Waals surface area contributed by atoms with Gasteiger partial charge in [-0.25, -0.2) is 9.97 Å². The van der Waals surface area contributed by atoms with Crippen LogP contribution in [-0.2, 0) is 0 Å².